The van der Waals surface area contributed by atoms with Crippen LogP contribution < -0.4 is 0 Å². The van der Waals surface area contributed by atoms with Crippen LogP contribution in [0, 0.1) is 0 Å². The van der Waals surface area contributed by atoms with E-state index in [1.54, 1.807) is 12.4 Å². The lowest BCUT2D eigenvalue weighted by molar-refractivity contribution is 1.60. The molecular formula is C8H10N2. The molecular weight excluding hydrogens is 124 g/mol. The van der Waals surface area contributed by atoms with E-state index in [0.29, 0.717) is 0 Å². The molecule has 0 unspecified atom stereocenters. The van der Waals surface area contributed by atoms with Crippen LogP contribution in [-0.4, -0.2) is 12.4 Å². The fourth-order valence-electron chi connectivity index (χ4n) is 0.609. The van der Waals surface area contributed by atoms with E-state index >= 15 is 0 Å². The highest BCUT2D eigenvalue weighted by Crippen LogP contribution is 1.86. The first kappa shape index (κ1) is 6.93. The summed E-state index contributed by atoms with van der Waals surface area (Å²) >= 11 is 0. The molecule has 10 heavy (non-hydrogen) atoms. The molecule has 52 valence electrons. The van der Waals surface area contributed by atoms with Crippen molar-refractivity contribution >= 4 is 12.4 Å². The highest BCUT2D eigenvalue weighted by atomic mass is 14.7. The second-order valence-electron chi connectivity index (χ2n) is 1.90. The van der Waals surface area contributed by atoms with Crippen LogP contribution in [0.5, 0.6) is 0 Å². The van der Waals surface area contributed by atoms with E-state index in [2.05, 4.69) is 9.98 Å². The molecule has 0 aromatic carbocycles. The molecule has 0 saturated carbocycles. The third-order valence-corrected chi connectivity index (χ3v) is 1.08. The summed E-state index contributed by atoms with van der Waals surface area (Å²) in [5, 5.41) is 0. The fourth-order valence-corrected chi connectivity index (χ4v) is 0.609. The van der Waals surface area contributed by atoms with E-state index < -0.39 is 0 Å². The molecule has 0 radical (unpaired) electrons. The topological polar surface area (TPSA) is 24.7 Å². The second kappa shape index (κ2) is 4.68. The van der Waals surface area contributed by atoms with E-state index in [9.17, 15) is 0 Å². The van der Waals surface area contributed by atoms with Gasteiger partial charge in [-0.05, 0) is 0 Å². The van der Waals surface area contributed by atoms with Crippen LogP contribution in [0.3, 0.4) is 0 Å². The van der Waals surface area contributed by atoms with Crippen LogP contribution in [0.1, 0.15) is 12.8 Å². The summed E-state index contributed by atoms with van der Waals surface area (Å²) in [5.41, 5.74) is 0. The van der Waals surface area contributed by atoms with Crippen molar-refractivity contribution in [3.8, 4) is 0 Å². The Hall–Kier alpha value is -1.18. The van der Waals surface area contributed by atoms with Gasteiger partial charge in [0.25, 0.3) is 0 Å². The summed E-state index contributed by atoms with van der Waals surface area (Å²) in [4.78, 5) is 7.56. The largest absolute Gasteiger partial charge is 0.269 e. The van der Waals surface area contributed by atoms with Crippen molar-refractivity contribution in [2.24, 2.45) is 9.98 Å². The lowest BCUT2D eigenvalue weighted by atomic mass is 10.5. The maximum atomic E-state index is 3.78. The van der Waals surface area contributed by atoms with Gasteiger partial charge in [0.05, 0.1) is 0 Å². The maximum Gasteiger partial charge on any atom is 0.0227 e. The molecule has 2 aliphatic rings. The summed E-state index contributed by atoms with van der Waals surface area (Å²) in [6.45, 7) is 0. The van der Waals surface area contributed by atoms with Gasteiger partial charge in [-0.25, -0.2) is 0 Å². The van der Waals surface area contributed by atoms with Crippen molar-refractivity contribution in [3.63, 3.8) is 0 Å². The normalized spacial score (nSPS) is 17.6. The molecule has 2 heteroatoms. The molecule has 0 saturated heterocycles. The second-order valence-corrected chi connectivity index (χ2v) is 1.90. The highest BCUT2D eigenvalue weighted by molar-refractivity contribution is 5.63. The molecule has 0 N–H and O–H groups in total. The summed E-state index contributed by atoms with van der Waals surface area (Å²) < 4.78 is 0. The standard InChI is InChI=1S/2C4H5N/c2*1-2-4-5-3-1/h2*1,3-4H,2H2. The minimum atomic E-state index is 1.03. The van der Waals surface area contributed by atoms with Gasteiger partial charge in [-0.3, -0.25) is 9.98 Å². The summed E-state index contributed by atoms with van der Waals surface area (Å²) in [5.74, 6) is 0. The van der Waals surface area contributed by atoms with Gasteiger partial charge in [-0.1, -0.05) is 12.2 Å². The number of hydrogen-bond donors (Lipinski definition) is 0. The molecule has 2 rings (SSSR count). The third-order valence-electron chi connectivity index (χ3n) is 1.08. The zero-order valence-corrected chi connectivity index (χ0v) is 5.77. The minimum Gasteiger partial charge on any atom is -0.269 e. The number of nitrogens with zero attached hydrogens (tertiary/aromatic N) is 2. The van der Waals surface area contributed by atoms with Crippen molar-refractivity contribution in [2.75, 3.05) is 0 Å². The van der Waals surface area contributed by atoms with E-state index in [1.165, 1.54) is 0 Å². The Kier molecular flexibility index (Phi) is 3.24. The van der Waals surface area contributed by atoms with Gasteiger partial charge in [0.1, 0.15) is 0 Å². The summed E-state index contributed by atoms with van der Waals surface area (Å²) in [6, 6.07) is 0. The fraction of sp³-hybridized carbons (Fsp3) is 0.250. The Balaban J connectivity index is 0.0000001000. The molecule has 2 nitrogen and oxygen atoms in total. The molecule has 0 aliphatic carbocycles. The van der Waals surface area contributed by atoms with E-state index in [0.717, 1.165) is 12.8 Å². The predicted molar refractivity (Wildman–Crippen MR) is 44.5 cm³/mol. The Morgan fingerprint density at radius 1 is 0.800 bits per heavy atom. The first-order valence-corrected chi connectivity index (χ1v) is 3.33. The predicted octanol–water partition coefficient (Wildman–Crippen LogP) is 1.95. The van der Waals surface area contributed by atoms with E-state index in [4.69, 9.17) is 0 Å². The van der Waals surface area contributed by atoms with Gasteiger partial charge in [-0.15, -0.1) is 0 Å². The van der Waals surface area contributed by atoms with Gasteiger partial charge in [0, 0.05) is 37.7 Å². The molecule has 0 atom stereocenters. The average molecular weight is 134 g/mol. The van der Waals surface area contributed by atoms with Crippen LogP contribution in [0.25, 0.3) is 0 Å². The number of hydrogen-bond acceptors (Lipinski definition) is 2. The maximum absolute atomic E-state index is 3.78. The van der Waals surface area contributed by atoms with Gasteiger partial charge >= 0.3 is 0 Å². The first-order valence-electron chi connectivity index (χ1n) is 3.33. The van der Waals surface area contributed by atoms with Crippen molar-refractivity contribution in [1.82, 2.24) is 0 Å². The van der Waals surface area contributed by atoms with Gasteiger partial charge in [0.15, 0.2) is 0 Å². The minimum absolute atomic E-state index is 1.03. The summed E-state index contributed by atoms with van der Waals surface area (Å²) in [7, 11) is 0. The van der Waals surface area contributed by atoms with Crippen LogP contribution in [-0.2, 0) is 0 Å². The summed E-state index contributed by atoms with van der Waals surface area (Å²) in [6.07, 6.45) is 13.4. The number of allylic oxidation sites excluding steroid dienone is 2. The lowest BCUT2D eigenvalue weighted by Gasteiger charge is -1.54. The molecule has 0 fully saturated rings. The monoisotopic (exact) mass is 134 g/mol. The molecule has 0 bridgehead atoms. The van der Waals surface area contributed by atoms with Crippen LogP contribution in [0.15, 0.2) is 34.5 Å². The molecule has 0 spiro atoms. The Bertz CT molecular complexity index is 145. The van der Waals surface area contributed by atoms with Crippen molar-refractivity contribution in [2.45, 2.75) is 12.8 Å². The Morgan fingerprint density at radius 2 is 1.30 bits per heavy atom. The highest BCUT2D eigenvalue weighted by Gasteiger charge is 1.73. The molecule has 0 aromatic heterocycles. The van der Waals surface area contributed by atoms with Crippen LogP contribution in [0.2, 0.25) is 0 Å². The smallest absolute Gasteiger partial charge is 0.0227 e. The van der Waals surface area contributed by atoms with Crippen molar-refractivity contribution < 1.29 is 0 Å². The van der Waals surface area contributed by atoms with Gasteiger partial charge in [0.2, 0.25) is 0 Å². The van der Waals surface area contributed by atoms with Crippen LogP contribution >= 0.6 is 0 Å². The Labute approximate surface area is 60.7 Å². The van der Waals surface area contributed by atoms with E-state index in [1.807, 2.05) is 24.6 Å². The zero-order chi connectivity index (χ0) is 7.07. The third kappa shape index (κ3) is 2.97. The number of aliphatic imine (C=N–C) groups is 2. The molecule has 0 aromatic rings. The molecule has 2 aliphatic heterocycles. The van der Waals surface area contributed by atoms with Crippen LogP contribution in [0.4, 0.5) is 0 Å². The molecule has 0 amide bonds. The zero-order valence-electron chi connectivity index (χ0n) is 5.77. The van der Waals surface area contributed by atoms with Crippen molar-refractivity contribution in [3.05, 3.63) is 24.6 Å². The quantitative estimate of drug-likeness (QED) is 0.483. The first-order chi connectivity index (χ1) is 5.00. The molecule has 2 heterocycles. The lowest BCUT2D eigenvalue weighted by Crippen LogP contribution is -1.51. The Morgan fingerprint density at radius 3 is 1.40 bits per heavy atom. The van der Waals surface area contributed by atoms with E-state index in [-0.39, 0.29) is 0 Å². The van der Waals surface area contributed by atoms with Crippen molar-refractivity contribution in [1.29, 1.82) is 0 Å². The number of rotatable bonds is 0. The van der Waals surface area contributed by atoms with Gasteiger partial charge < -0.3 is 0 Å². The average Bonchev–Trinajstić information content (AvgIpc) is 2.67. The van der Waals surface area contributed by atoms with Gasteiger partial charge in [-0.2, -0.15) is 0 Å². The SMILES string of the molecule is C1=CN=CC1.C1=CN=CC1.